The number of nitrogens with zero attached hydrogens (tertiary/aromatic N) is 1. The third kappa shape index (κ3) is 3.22. The summed E-state index contributed by atoms with van der Waals surface area (Å²) in [7, 11) is 0. The van der Waals surface area contributed by atoms with E-state index in [1.165, 1.54) is 24.8 Å². The second-order valence-electron chi connectivity index (χ2n) is 5.37. The molecule has 0 radical (unpaired) electrons. The largest absolute Gasteiger partial charge is 0.469 e. The number of piperidine rings is 1. The van der Waals surface area contributed by atoms with Crippen molar-refractivity contribution in [1.82, 2.24) is 10.3 Å². The van der Waals surface area contributed by atoms with Gasteiger partial charge >= 0.3 is 0 Å². The summed E-state index contributed by atoms with van der Waals surface area (Å²) < 4.78 is 5.66. The van der Waals surface area contributed by atoms with Gasteiger partial charge in [-0.05, 0) is 49.6 Å². The van der Waals surface area contributed by atoms with Gasteiger partial charge in [0.1, 0.15) is 10.9 Å². The second kappa shape index (κ2) is 6.42. The molecule has 1 fully saturated rings. The molecule has 0 amide bonds. The lowest BCUT2D eigenvalue weighted by atomic mass is 9.86. The first-order valence-corrected chi connectivity index (χ1v) is 7.58. The van der Waals surface area contributed by atoms with Crippen molar-refractivity contribution in [3.8, 4) is 0 Å². The molecule has 1 aliphatic rings. The first-order chi connectivity index (χ1) is 9.83. The molecular formula is C16H19ClN2O. The summed E-state index contributed by atoms with van der Waals surface area (Å²) in [5, 5.41) is 4.17. The Labute approximate surface area is 124 Å². The summed E-state index contributed by atoms with van der Waals surface area (Å²) in [6.45, 7) is 1.10. The van der Waals surface area contributed by atoms with E-state index in [0.29, 0.717) is 17.1 Å². The molecule has 2 aromatic heterocycles. The van der Waals surface area contributed by atoms with Crippen molar-refractivity contribution in [3.05, 3.63) is 53.2 Å². The Kier molecular flexibility index (Phi) is 4.38. The number of halogens is 1. The molecule has 2 aromatic rings. The van der Waals surface area contributed by atoms with Crippen molar-refractivity contribution in [1.29, 1.82) is 0 Å². The number of aromatic nitrogens is 1. The molecule has 3 heterocycles. The minimum atomic E-state index is 0.355. The Hall–Kier alpha value is -1.32. The van der Waals surface area contributed by atoms with Gasteiger partial charge in [0.25, 0.3) is 0 Å². The lowest BCUT2D eigenvalue weighted by Crippen LogP contribution is -2.39. The molecule has 3 nitrogen and oxygen atoms in total. The lowest BCUT2D eigenvalue weighted by molar-refractivity contribution is 0.315. The highest BCUT2D eigenvalue weighted by molar-refractivity contribution is 6.29. The van der Waals surface area contributed by atoms with E-state index in [-0.39, 0.29) is 0 Å². The fourth-order valence-corrected chi connectivity index (χ4v) is 3.06. The Balaban J connectivity index is 1.79. The van der Waals surface area contributed by atoms with Gasteiger partial charge in [0.05, 0.1) is 6.26 Å². The summed E-state index contributed by atoms with van der Waals surface area (Å²) in [5.74, 6) is 1.41. The Bertz CT molecular complexity index is 518. The van der Waals surface area contributed by atoms with Crippen molar-refractivity contribution in [3.63, 3.8) is 0 Å². The molecule has 2 atom stereocenters. The standard InChI is InChI=1S/C16H19ClN2O/c17-16-7-6-12(11-19-16)10-13(15-5-3-9-20-15)14-4-1-2-8-18-14/h3,5-7,9,11,13-14,18H,1-2,4,8,10H2. The predicted octanol–water partition coefficient (Wildman–Crippen LogP) is 3.80. The van der Waals surface area contributed by atoms with Gasteiger partial charge in [-0.25, -0.2) is 4.98 Å². The van der Waals surface area contributed by atoms with Gasteiger partial charge in [0.15, 0.2) is 0 Å². The van der Waals surface area contributed by atoms with Gasteiger partial charge in [-0.15, -0.1) is 0 Å². The maximum Gasteiger partial charge on any atom is 0.129 e. The Morgan fingerprint density at radius 3 is 2.95 bits per heavy atom. The molecule has 2 unspecified atom stereocenters. The van der Waals surface area contributed by atoms with Crippen LogP contribution in [-0.2, 0) is 6.42 Å². The van der Waals surface area contributed by atoms with E-state index in [1.807, 2.05) is 24.4 Å². The molecule has 106 valence electrons. The van der Waals surface area contributed by atoms with Crippen molar-refractivity contribution in [2.45, 2.75) is 37.6 Å². The summed E-state index contributed by atoms with van der Waals surface area (Å²) in [6, 6.07) is 8.42. The van der Waals surface area contributed by atoms with E-state index in [2.05, 4.69) is 16.4 Å². The third-order valence-corrected chi connectivity index (χ3v) is 4.21. The van der Waals surface area contributed by atoms with Crippen LogP contribution in [-0.4, -0.2) is 17.6 Å². The molecular weight excluding hydrogens is 272 g/mol. The van der Waals surface area contributed by atoms with E-state index in [1.54, 1.807) is 6.26 Å². The summed E-state index contributed by atoms with van der Waals surface area (Å²) >= 11 is 5.85. The molecule has 1 aliphatic heterocycles. The zero-order chi connectivity index (χ0) is 13.8. The number of pyridine rings is 1. The van der Waals surface area contributed by atoms with Crippen molar-refractivity contribution < 1.29 is 4.42 Å². The highest BCUT2D eigenvalue weighted by Gasteiger charge is 2.27. The average molecular weight is 291 g/mol. The quantitative estimate of drug-likeness (QED) is 0.871. The fraction of sp³-hybridized carbons (Fsp3) is 0.438. The van der Waals surface area contributed by atoms with Crippen LogP contribution in [0.3, 0.4) is 0 Å². The number of rotatable bonds is 4. The molecule has 20 heavy (non-hydrogen) atoms. The molecule has 0 saturated carbocycles. The highest BCUT2D eigenvalue weighted by Crippen LogP contribution is 2.29. The first-order valence-electron chi connectivity index (χ1n) is 7.20. The molecule has 1 saturated heterocycles. The SMILES string of the molecule is Clc1ccc(CC(c2ccco2)C2CCCCN2)cn1. The summed E-state index contributed by atoms with van der Waals surface area (Å²) in [4.78, 5) is 4.17. The van der Waals surface area contributed by atoms with Crippen LogP contribution in [0.25, 0.3) is 0 Å². The third-order valence-electron chi connectivity index (χ3n) is 3.99. The maximum atomic E-state index is 5.85. The minimum absolute atomic E-state index is 0.355. The number of hydrogen-bond acceptors (Lipinski definition) is 3. The zero-order valence-electron chi connectivity index (χ0n) is 11.4. The monoisotopic (exact) mass is 290 g/mol. The minimum Gasteiger partial charge on any atom is -0.469 e. The number of nitrogens with one attached hydrogen (secondary N) is 1. The van der Waals surface area contributed by atoms with E-state index >= 15 is 0 Å². The Morgan fingerprint density at radius 2 is 2.30 bits per heavy atom. The zero-order valence-corrected chi connectivity index (χ0v) is 12.1. The van der Waals surface area contributed by atoms with Crippen molar-refractivity contribution in [2.24, 2.45) is 0 Å². The predicted molar refractivity (Wildman–Crippen MR) is 80.0 cm³/mol. The van der Waals surface area contributed by atoms with Gasteiger partial charge in [0, 0.05) is 18.2 Å². The van der Waals surface area contributed by atoms with E-state index in [0.717, 1.165) is 18.7 Å². The average Bonchev–Trinajstić information content (AvgIpc) is 3.01. The van der Waals surface area contributed by atoms with Crippen LogP contribution in [0.2, 0.25) is 5.15 Å². The summed E-state index contributed by atoms with van der Waals surface area (Å²) in [6.07, 6.45) is 8.30. The van der Waals surface area contributed by atoms with Crippen LogP contribution in [0.4, 0.5) is 0 Å². The molecule has 0 bridgehead atoms. The molecule has 4 heteroatoms. The van der Waals surface area contributed by atoms with Gasteiger partial charge in [0.2, 0.25) is 0 Å². The smallest absolute Gasteiger partial charge is 0.129 e. The molecule has 1 N–H and O–H groups in total. The molecule has 0 aliphatic carbocycles. The second-order valence-corrected chi connectivity index (χ2v) is 5.76. The topological polar surface area (TPSA) is 38.1 Å². The Morgan fingerprint density at radius 1 is 1.35 bits per heavy atom. The highest BCUT2D eigenvalue weighted by atomic mass is 35.5. The van der Waals surface area contributed by atoms with Crippen molar-refractivity contribution in [2.75, 3.05) is 6.54 Å². The van der Waals surface area contributed by atoms with E-state index in [9.17, 15) is 0 Å². The summed E-state index contributed by atoms with van der Waals surface area (Å²) in [5.41, 5.74) is 1.20. The van der Waals surface area contributed by atoms with Crippen LogP contribution in [0.15, 0.2) is 41.1 Å². The number of furan rings is 1. The lowest BCUT2D eigenvalue weighted by Gasteiger charge is -2.30. The molecule has 3 rings (SSSR count). The normalized spacial score (nSPS) is 20.8. The van der Waals surface area contributed by atoms with Crippen LogP contribution < -0.4 is 5.32 Å². The van der Waals surface area contributed by atoms with Crippen LogP contribution in [0.5, 0.6) is 0 Å². The van der Waals surface area contributed by atoms with Gasteiger partial charge < -0.3 is 9.73 Å². The van der Waals surface area contributed by atoms with Crippen LogP contribution >= 0.6 is 11.6 Å². The van der Waals surface area contributed by atoms with Crippen LogP contribution in [0.1, 0.15) is 36.5 Å². The van der Waals surface area contributed by atoms with E-state index in [4.69, 9.17) is 16.0 Å². The van der Waals surface area contributed by atoms with Gasteiger partial charge in [-0.3, -0.25) is 0 Å². The van der Waals surface area contributed by atoms with Crippen LogP contribution in [0, 0.1) is 0 Å². The van der Waals surface area contributed by atoms with Gasteiger partial charge in [-0.1, -0.05) is 24.1 Å². The fourth-order valence-electron chi connectivity index (χ4n) is 2.95. The van der Waals surface area contributed by atoms with E-state index < -0.39 is 0 Å². The maximum absolute atomic E-state index is 5.85. The first kappa shape index (κ1) is 13.7. The van der Waals surface area contributed by atoms with Gasteiger partial charge in [-0.2, -0.15) is 0 Å². The van der Waals surface area contributed by atoms with Crippen molar-refractivity contribution >= 4 is 11.6 Å². The molecule has 0 spiro atoms. The molecule has 0 aromatic carbocycles. The number of hydrogen-bond donors (Lipinski definition) is 1.